The van der Waals surface area contributed by atoms with Gasteiger partial charge in [0.25, 0.3) is 50.0 Å². The van der Waals surface area contributed by atoms with Gasteiger partial charge < -0.3 is 24.7 Å². The molecule has 0 aliphatic rings. The predicted molar refractivity (Wildman–Crippen MR) is 134 cm³/mol. The van der Waals surface area contributed by atoms with E-state index >= 15 is 0 Å². The molecule has 0 unspecified atom stereocenters. The van der Waals surface area contributed by atoms with Crippen LogP contribution >= 0.6 is 0 Å². The first-order valence-electron chi connectivity index (χ1n) is 10.8. The molecule has 0 aromatic rings. The van der Waals surface area contributed by atoms with Crippen molar-refractivity contribution < 1.29 is 24.7 Å². The van der Waals surface area contributed by atoms with Crippen LogP contribution in [-0.2, 0) is 24.7 Å². The zero-order valence-electron chi connectivity index (χ0n) is 17.9. The lowest BCUT2D eigenvalue weighted by Gasteiger charge is -2.07. The molecule has 0 bridgehead atoms. The van der Waals surface area contributed by atoms with Gasteiger partial charge in [-0.2, -0.15) is 0 Å². The first kappa shape index (κ1) is 28.3. The summed E-state index contributed by atoms with van der Waals surface area (Å²) in [6.45, 7) is 2.28. The maximum Gasteiger partial charge on any atom is 0.286 e. The molecule has 0 saturated carbocycles. The van der Waals surface area contributed by atoms with E-state index in [1.807, 2.05) is 0 Å². The smallest absolute Gasteiger partial charge is 0.286 e. The standard InChI is InChI=1S/C14H44O6Si7/c1-2-3-4-5-6-7-8-9-10-11-12-13-14-22-16-24-18-26-20-27-19-25-17-23-15-21/h2-14,22-27H2,1,21H3. The molecule has 0 aliphatic carbocycles. The van der Waals surface area contributed by atoms with Crippen LogP contribution in [0.4, 0.5) is 0 Å². The fourth-order valence-electron chi connectivity index (χ4n) is 2.74. The van der Waals surface area contributed by atoms with E-state index in [9.17, 15) is 0 Å². The Morgan fingerprint density at radius 3 is 1.41 bits per heavy atom. The lowest BCUT2D eigenvalue weighted by Crippen LogP contribution is -2.19. The molecule has 0 rings (SSSR count). The molecule has 0 atom stereocenters. The zero-order chi connectivity index (χ0) is 19.7. The molecule has 0 spiro atoms. The number of rotatable bonds is 24. The molecule has 0 saturated heterocycles. The first-order chi connectivity index (χ1) is 13.4. The second kappa shape index (κ2) is 27.3. The van der Waals surface area contributed by atoms with Crippen molar-refractivity contribution in [1.29, 1.82) is 0 Å². The van der Waals surface area contributed by atoms with E-state index in [1.165, 1.54) is 83.1 Å². The highest BCUT2D eigenvalue weighted by Crippen LogP contribution is 2.12. The van der Waals surface area contributed by atoms with Crippen LogP contribution in [0, 0.1) is 0 Å². The van der Waals surface area contributed by atoms with E-state index in [2.05, 4.69) is 6.92 Å². The molecule has 0 amide bonds. The Morgan fingerprint density at radius 1 is 0.519 bits per heavy atom. The van der Waals surface area contributed by atoms with E-state index in [-0.39, 0.29) is 9.76 Å². The second-order valence-corrected chi connectivity index (χ2v) is 19.6. The highest BCUT2D eigenvalue weighted by molar-refractivity contribution is 6.48. The molecule has 0 radical (unpaired) electrons. The quantitative estimate of drug-likeness (QED) is 0.119. The minimum atomic E-state index is -0.854. The van der Waals surface area contributed by atoms with Crippen LogP contribution in [0.1, 0.15) is 84.0 Å². The minimum absolute atomic E-state index is 0.336. The summed E-state index contributed by atoms with van der Waals surface area (Å²) in [5.74, 6) is 0. The number of hydrogen-bond acceptors (Lipinski definition) is 6. The highest BCUT2D eigenvalue weighted by atomic mass is 28.4. The summed E-state index contributed by atoms with van der Waals surface area (Å²) in [4.78, 5) is 0. The van der Waals surface area contributed by atoms with E-state index in [4.69, 9.17) is 24.7 Å². The van der Waals surface area contributed by atoms with Crippen LogP contribution in [0.15, 0.2) is 0 Å². The normalized spacial score (nSPS) is 14.1. The van der Waals surface area contributed by atoms with Crippen LogP contribution in [0.5, 0.6) is 0 Å². The van der Waals surface area contributed by atoms with Crippen molar-refractivity contribution >= 4 is 70.3 Å². The van der Waals surface area contributed by atoms with Gasteiger partial charge in [-0.15, -0.1) is 0 Å². The van der Waals surface area contributed by atoms with Crippen LogP contribution in [0.3, 0.4) is 0 Å². The lowest BCUT2D eigenvalue weighted by atomic mass is 10.1. The summed E-state index contributed by atoms with van der Waals surface area (Å²) < 4.78 is 32.6. The van der Waals surface area contributed by atoms with Crippen molar-refractivity contribution in [2.75, 3.05) is 0 Å². The summed E-state index contributed by atoms with van der Waals surface area (Å²) in [5.41, 5.74) is 0. The summed E-state index contributed by atoms with van der Waals surface area (Å²) in [5, 5.41) is 0. The fourth-order valence-corrected chi connectivity index (χ4v) is 14.0. The van der Waals surface area contributed by atoms with Gasteiger partial charge >= 0.3 is 0 Å². The molecule has 0 N–H and O–H groups in total. The van der Waals surface area contributed by atoms with E-state index in [0.29, 0.717) is 0 Å². The Hall–Kier alpha value is 1.28. The molecule has 0 fully saturated rings. The third-order valence-electron chi connectivity index (χ3n) is 4.26. The fraction of sp³-hybridized carbons (Fsp3) is 1.00. The van der Waals surface area contributed by atoms with Crippen molar-refractivity contribution in [3.8, 4) is 0 Å². The molecule has 6 nitrogen and oxygen atoms in total. The first-order valence-corrected chi connectivity index (χ1v) is 19.0. The van der Waals surface area contributed by atoms with Crippen LogP contribution in [0.25, 0.3) is 0 Å². The van der Waals surface area contributed by atoms with Gasteiger partial charge in [0.2, 0.25) is 0 Å². The molecular formula is C14H44O6Si7. The zero-order valence-corrected chi connectivity index (χ0v) is 28.4. The van der Waals surface area contributed by atoms with Gasteiger partial charge in [-0.1, -0.05) is 84.0 Å². The molecule has 0 aromatic carbocycles. The summed E-state index contributed by atoms with van der Waals surface area (Å²) >= 11 is 0. The Labute approximate surface area is 184 Å². The van der Waals surface area contributed by atoms with Gasteiger partial charge in [0.05, 0.1) is 0 Å². The van der Waals surface area contributed by atoms with Gasteiger partial charge in [0, 0.05) is 0 Å². The van der Waals surface area contributed by atoms with Gasteiger partial charge in [-0.05, 0) is 6.04 Å². The van der Waals surface area contributed by atoms with E-state index in [1.54, 1.807) is 0 Å². The van der Waals surface area contributed by atoms with E-state index < -0.39 is 50.0 Å². The summed E-state index contributed by atoms with van der Waals surface area (Å²) in [6.07, 6.45) is 17.0. The Kier molecular flexibility index (Phi) is 28.6. The van der Waals surface area contributed by atoms with Gasteiger partial charge in [-0.25, -0.2) is 0 Å². The highest BCUT2D eigenvalue weighted by Gasteiger charge is 1.96. The SMILES string of the molecule is CCCCCCCCCCCCCC[SiH2]O[SiH2]O[SiH2]O[SiH2]O[SiH2]O[SiH2]O[SiH3]. The van der Waals surface area contributed by atoms with E-state index in [0.717, 1.165) is 10.5 Å². The third kappa shape index (κ3) is 27.3. The Bertz CT molecular complexity index is 248. The molecule has 27 heavy (non-hydrogen) atoms. The van der Waals surface area contributed by atoms with Crippen molar-refractivity contribution in [2.24, 2.45) is 0 Å². The van der Waals surface area contributed by atoms with Crippen molar-refractivity contribution in [2.45, 2.75) is 90.0 Å². The van der Waals surface area contributed by atoms with Crippen molar-refractivity contribution in [3.05, 3.63) is 0 Å². The monoisotopic (exact) mass is 504 g/mol. The topological polar surface area (TPSA) is 55.4 Å². The molecule has 0 aromatic heterocycles. The summed E-state index contributed by atoms with van der Waals surface area (Å²) in [7, 11) is -3.55. The number of hydrogen-bond donors (Lipinski definition) is 0. The van der Waals surface area contributed by atoms with Crippen LogP contribution in [0.2, 0.25) is 6.04 Å². The largest absolute Gasteiger partial charge is 0.449 e. The average molecular weight is 505 g/mol. The molecule has 164 valence electrons. The molecule has 0 aliphatic heterocycles. The Morgan fingerprint density at radius 2 is 0.926 bits per heavy atom. The van der Waals surface area contributed by atoms with Crippen LogP contribution < -0.4 is 0 Å². The predicted octanol–water partition coefficient (Wildman–Crippen LogP) is -1.44. The average Bonchev–Trinajstić information content (AvgIpc) is 2.68. The van der Waals surface area contributed by atoms with Gasteiger partial charge in [0.15, 0.2) is 0 Å². The van der Waals surface area contributed by atoms with Crippen LogP contribution in [-0.4, -0.2) is 70.3 Å². The lowest BCUT2D eigenvalue weighted by molar-refractivity contribution is 0.379. The molecular weight excluding hydrogens is 461 g/mol. The second-order valence-electron chi connectivity index (χ2n) is 6.85. The maximum atomic E-state index is 5.75. The number of unbranched alkanes of at least 4 members (excludes halogenated alkanes) is 11. The van der Waals surface area contributed by atoms with Crippen molar-refractivity contribution in [1.82, 2.24) is 0 Å². The third-order valence-corrected chi connectivity index (χ3v) is 13.1. The minimum Gasteiger partial charge on any atom is -0.449 e. The Balaban J connectivity index is 2.95. The van der Waals surface area contributed by atoms with Crippen molar-refractivity contribution in [3.63, 3.8) is 0 Å². The maximum absolute atomic E-state index is 5.75. The molecule has 0 heterocycles. The molecule has 13 heteroatoms. The van der Waals surface area contributed by atoms with Gasteiger partial charge in [-0.3, -0.25) is 0 Å². The summed E-state index contributed by atoms with van der Waals surface area (Å²) in [6, 6.07) is 1.31. The van der Waals surface area contributed by atoms with Gasteiger partial charge in [0.1, 0.15) is 20.2 Å².